The highest BCUT2D eigenvalue weighted by atomic mass is 16.3. The van der Waals surface area contributed by atoms with Crippen LogP contribution >= 0.6 is 0 Å². The van der Waals surface area contributed by atoms with Gasteiger partial charge < -0.3 is 10.1 Å². The molecule has 0 bridgehead atoms. The van der Waals surface area contributed by atoms with E-state index in [2.05, 4.69) is 23.7 Å². The maximum Gasteiger partial charge on any atom is 0.228 e. The molecule has 0 radical (unpaired) electrons. The van der Waals surface area contributed by atoms with Crippen LogP contribution in [0.5, 0.6) is 5.75 Å². The monoisotopic (exact) mass is 238 g/mol. The van der Waals surface area contributed by atoms with E-state index in [1.807, 2.05) is 13.8 Å². The Morgan fingerprint density at radius 3 is 2.41 bits per heavy atom. The molecule has 4 heteroatoms. The number of hydrogen-bond donors (Lipinski definition) is 2. The molecule has 1 atom stereocenters. The number of pyridine rings is 1. The standard InChI is InChI=1S/C13H22N2O2/c1-5-11-13(17)12(16)10(8-14-11)9(4)15(6-2)7-3/h8-9,17H,5-7H2,1-4H3,(H,14,16). The lowest BCUT2D eigenvalue weighted by atomic mass is 10.1. The number of hydrogen-bond acceptors (Lipinski definition) is 3. The van der Waals surface area contributed by atoms with Crippen LogP contribution in [0.1, 0.15) is 45.0 Å². The third-order valence-electron chi connectivity index (χ3n) is 3.33. The smallest absolute Gasteiger partial charge is 0.228 e. The summed E-state index contributed by atoms with van der Waals surface area (Å²) in [4.78, 5) is 17.2. The molecule has 1 aromatic rings. The van der Waals surface area contributed by atoms with Crippen LogP contribution in [0.15, 0.2) is 11.0 Å². The number of nitrogens with zero attached hydrogens (tertiary/aromatic N) is 1. The summed E-state index contributed by atoms with van der Waals surface area (Å²) < 4.78 is 0. The zero-order chi connectivity index (χ0) is 13.0. The Morgan fingerprint density at radius 1 is 1.35 bits per heavy atom. The van der Waals surface area contributed by atoms with Gasteiger partial charge in [0.05, 0.1) is 5.69 Å². The van der Waals surface area contributed by atoms with Crippen molar-refractivity contribution in [2.24, 2.45) is 0 Å². The highest BCUT2D eigenvalue weighted by molar-refractivity contribution is 5.31. The van der Waals surface area contributed by atoms with Crippen LogP contribution in [0.25, 0.3) is 0 Å². The average Bonchev–Trinajstić information content (AvgIpc) is 2.34. The van der Waals surface area contributed by atoms with E-state index < -0.39 is 0 Å². The number of aromatic amines is 1. The third-order valence-corrected chi connectivity index (χ3v) is 3.33. The van der Waals surface area contributed by atoms with E-state index >= 15 is 0 Å². The van der Waals surface area contributed by atoms with Crippen LogP contribution in [-0.2, 0) is 6.42 Å². The van der Waals surface area contributed by atoms with E-state index in [0.29, 0.717) is 17.7 Å². The minimum atomic E-state index is -0.250. The van der Waals surface area contributed by atoms with Crippen molar-refractivity contribution in [1.82, 2.24) is 9.88 Å². The van der Waals surface area contributed by atoms with Crippen molar-refractivity contribution in [2.75, 3.05) is 13.1 Å². The SMILES string of the molecule is CCc1[nH]cc(C(C)N(CC)CC)c(=O)c1O. The molecule has 0 amide bonds. The van der Waals surface area contributed by atoms with Gasteiger partial charge in [-0.2, -0.15) is 0 Å². The molecule has 4 nitrogen and oxygen atoms in total. The van der Waals surface area contributed by atoms with Crippen LogP contribution in [0.2, 0.25) is 0 Å². The van der Waals surface area contributed by atoms with Gasteiger partial charge in [-0.15, -0.1) is 0 Å². The second kappa shape index (κ2) is 5.87. The van der Waals surface area contributed by atoms with Crippen LogP contribution in [0.4, 0.5) is 0 Å². The summed E-state index contributed by atoms with van der Waals surface area (Å²) in [5.74, 6) is -0.135. The van der Waals surface area contributed by atoms with Gasteiger partial charge in [-0.3, -0.25) is 9.69 Å². The molecular formula is C13H22N2O2. The maximum atomic E-state index is 12.0. The van der Waals surface area contributed by atoms with Crippen molar-refractivity contribution in [3.8, 4) is 5.75 Å². The number of aromatic hydroxyl groups is 1. The Morgan fingerprint density at radius 2 is 1.94 bits per heavy atom. The van der Waals surface area contributed by atoms with Crippen molar-refractivity contribution >= 4 is 0 Å². The summed E-state index contributed by atoms with van der Waals surface area (Å²) in [5.41, 5.74) is 0.980. The summed E-state index contributed by atoms with van der Waals surface area (Å²) in [6.45, 7) is 9.78. The molecule has 96 valence electrons. The van der Waals surface area contributed by atoms with E-state index in [1.54, 1.807) is 6.20 Å². The Labute approximate surface area is 102 Å². The van der Waals surface area contributed by atoms with E-state index in [-0.39, 0.29) is 17.2 Å². The molecular weight excluding hydrogens is 216 g/mol. The molecule has 17 heavy (non-hydrogen) atoms. The second-order valence-electron chi connectivity index (χ2n) is 4.15. The van der Waals surface area contributed by atoms with Crippen molar-refractivity contribution in [2.45, 2.75) is 40.2 Å². The molecule has 0 saturated heterocycles. The molecule has 0 aliphatic rings. The summed E-state index contributed by atoms with van der Waals surface area (Å²) >= 11 is 0. The minimum Gasteiger partial charge on any atom is -0.503 e. The highest BCUT2D eigenvalue weighted by Gasteiger charge is 2.18. The first-order valence-electron chi connectivity index (χ1n) is 6.24. The van der Waals surface area contributed by atoms with Gasteiger partial charge in [-0.25, -0.2) is 0 Å². The quantitative estimate of drug-likeness (QED) is 0.825. The number of H-pyrrole nitrogens is 1. The van der Waals surface area contributed by atoms with Gasteiger partial charge in [0.2, 0.25) is 5.43 Å². The van der Waals surface area contributed by atoms with Crippen molar-refractivity contribution in [3.63, 3.8) is 0 Å². The number of aryl methyl sites for hydroxylation is 1. The molecule has 0 spiro atoms. The van der Waals surface area contributed by atoms with Gasteiger partial charge in [0.1, 0.15) is 0 Å². The van der Waals surface area contributed by atoms with Gasteiger partial charge in [0.15, 0.2) is 5.75 Å². The normalized spacial score (nSPS) is 13.0. The van der Waals surface area contributed by atoms with E-state index in [4.69, 9.17) is 0 Å². The number of rotatable bonds is 5. The van der Waals surface area contributed by atoms with Crippen molar-refractivity contribution < 1.29 is 5.11 Å². The van der Waals surface area contributed by atoms with Gasteiger partial charge in [-0.1, -0.05) is 20.8 Å². The molecule has 1 unspecified atom stereocenters. The molecule has 1 rings (SSSR count). The van der Waals surface area contributed by atoms with Crippen molar-refractivity contribution in [3.05, 3.63) is 27.7 Å². The van der Waals surface area contributed by atoms with Crippen LogP contribution < -0.4 is 5.43 Å². The van der Waals surface area contributed by atoms with E-state index in [1.165, 1.54) is 0 Å². The maximum absolute atomic E-state index is 12.0. The average molecular weight is 238 g/mol. The fourth-order valence-electron chi connectivity index (χ4n) is 2.12. The van der Waals surface area contributed by atoms with Gasteiger partial charge >= 0.3 is 0 Å². The largest absolute Gasteiger partial charge is 0.503 e. The Balaban J connectivity index is 3.16. The first-order chi connectivity index (χ1) is 8.06. The van der Waals surface area contributed by atoms with Crippen molar-refractivity contribution in [1.29, 1.82) is 0 Å². The van der Waals surface area contributed by atoms with Crippen LogP contribution in [0, 0.1) is 0 Å². The van der Waals surface area contributed by atoms with Gasteiger partial charge in [0, 0.05) is 17.8 Å². The van der Waals surface area contributed by atoms with Gasteiger partial charge in [-0.05, 0) is 26.4 Å². The molecule has 0 fully saturated rings. The summed E-state index contributed by atoms with van der Waals surface area (Å²) in [6.07, 6.45) is 2.35. The molecule has 0 aliphatic heterocycles. The molecule has 0 saturated carbocycles. The Hall–Kier alpha value is -1.29. The van der Waals surface area contributed by atoms with Crippen LogP contribution in [-0.4, -0.2) is 28.1 Å². The lowest BCUT2D eigenvalue weighted by molar-refractivity contribution is 0.232. The fraction of sp³-hybridized carbons (Fsp3) is 0.615. The third kappa shape index (κ3) is 2.69. The lowest BCUT2D eigenvalue weighted by Crippen LogP contribution is -2.30. The fourth-order valence-corrected chi connectivity index (χ4v) is 2.12. The van der Waals surface area contributed by atoms with Gasteiger partial charge in [0.25, 0.3) is 0 Å². The zero-order valence-electron chi connectivity index (χ0n) is 11.1. The molecule has 1 aromatic heterocycles. The first-order valence-corrected chi connectivity index (χ1v) is 6.24. The number of nitrogens with one attached hydrogen (secondary N) is 1. The number of aromatic nitrogens is 1. The lowest BCUT2D eigenvalue weighted by Gasteiger charge is -2.26. The Kier molecular flexibility index (Phi) is 4.75. The Bertz CT molecular complexity index is 422. The van der Waals surface area contributed by atoms with E-state index in [0.717, 1.165) is 13.1 Å². The molecule has 2 N–H and O–H groups in total. The molecule has 0 aliphatic carbocycles. The topological polar surface area (TPSA) is 56.3 Å². The predicted molar refractivity (Wildman–Crippen MR) is 69.4 cm³/mol. The summed E-state index contributed by atoms with van der Waals surface area (Å²) in [6, 6.07) is 0.0190. The minimum absolute atomic E-state index is 0.0190. The van der Waals surface area contributed by atoms with E-state index in [9.17, 15) is 9.90 Å². The predicted octanol–water partition coefficient (Wildman–Crippen LogP) is 2.05. The molecule has 1 heterocycles. The summed E-state index contributed by atoms with van der Waals surface area (Å²) in [7, 11) is 0. The van der Waals surface area contributed by atoms with Crippen LogP contribution in [0.3, 0.4) is 0 Å². The zero-order valence-corrected chi connectivity index (χ0v) is 11.1. The molecule has 0 aromatic carbocycles. The summed E-state index contributed by atoms with van der Waals surface area (Å²) in [5, 5.41) is 9.79. The first kappa shape index (κ1) is 13.8. The highest BCUT2D eigenvalue weighted by Crippen LogP contribution is 2.19. The second-order valence-corrected chi connectivity index (χ2v) is 4.15.